The summed E-state index contributed by atoms with van der Waals surface area (Å²) in [6, 6.07) is 16.7. The molecule has 1 aliphatic rings. The third-order valence-electron chi connectivity index (χ3n) is 4.60. The fraction of sp³-hybridized carbons (Fsp3) is 0.368. The van der Waals surface area contributed by atoms with Crippen molar-refractivity contribution < 1.29 is 18.3 Å². The van der Waals surface area contributed by atoms with E-state index in [-0.39, 0.29) is 13.2 Å². The third-order valence-corrected chi connectivity index (χ3v) is 6.46. The summed E-state index contributed by atoms with van der Waals surface area (Å²) in [5, 5.41) is 10.5. The van der Waals surface area contributed by atoms with Crippen LogP contribution in [0.4, 0.5) is 0 Å². The van der Waals surface area contributed by atoms with E-state index >= 15 is 0 Å². The number of hydrogen-bond donors (Lipinski definition) is 2. The minimum atomic E-state index is -3.50. The molecule has 1 heterocycles. The van der Waals surface area contributed by atoms with Gasteiger partial charge in [-0.1, -0.05) is 54.6 Å². The van der Waals surface area contributed by atoms with E-state index in [1.54, 1.807) is 13.8 Å². The number of aliphatic hydroxyl groups is 1. The quantitative estimate of drug-likeness (QED) is 0.857. The van der Waals surface area contributed by atoms with Gasteiger partial charge in [0.2, 0.25) is 10.0 Å². The smallest absolute Gasteiger partial charge is 0.214 e. The summed E-state index contributed by atoms with van der Waals surface area (Å²) >= 11 is 0. The minimum Gasteiger partial charge on any atom is -0.381 e. The maximum Gasteiger partial charge on any atom is 0.214 e. The van der Waals surface area contributed by atoms with Crippen molar-refractivity contribution in [3.8, 4) is 11.1 Å². The number of benzene rings is 2. The molecule has 3 rings (SSSR count). The van der Waals surface area contributed by atoms with Gasteiger partial charge in [0.25, 0.3) is 0 Å². The van der Waals surface area contributed by atoms with E-state index < -0.39 is 26.9 Å². The Kier molecular flexibility index (Phi) is 4.97. The summed E-state index contributed by atoms with van der Waals surface area (Å²) in [6.45, 7) is 3.41. The minimum absolute atomic E-state index is 0.0585. The maximum absolute atomic E-state index is 12.2. The lowest BCUT2D eigenvalue weighted by Gasteiger charge is -2.29. The molecule has 2 atom stereocenters. The molecule has 0 bridgehead atoms. The highest BCUT2D eigenvalue weighted by Gasteiger charge is 2.46. The molecule has 0 amide bonds. The SMILES string of the molecule is CC(C)S(=O)(=O)N[C@H]1COCC1(O)c1ccc(-c2ccccc2)cc1. The largest absolute Gasteiger partial charge is 0.381 e. The molecule has 25 heavy (non-hydrogen) atoms. The predicted octanol–water partition coefficient (Wildman–Crippen LogP) is 2.27. The number of rotatable bonds is 5. The van der Waals surface area contributed by atoms with Gasteiger partial charge in [0.15, 0.2) is 0 Å². The third kappa shape index (κ3) is 3.62. The van der Waals surface area contributed by atoms with Crippen molar-refractivity contribution in [2.45, 2.75) is 30.7 Å². The Labute approximate surface area is 148 Å². The fourth-order valence-electron chi connectivity index (χ4n) is 2.90. The molecular formula is C19H23NO4S. The molecule has 2 aromatic rings. The van der Waals surface area contributed by atoms with E-state index in [1.807, 2.05) is 54.6 Å². The van der Waals surface area contributed by atoms with Gasteiger partial charge < -0.3 is 9.84 Å². The van der Waals surface area contributed by atoms with Gasteiger partial charge in [-0.05, 0) is 30.5 Å². The highest BCUT2D eigenvalue weighted by atomic mass is 32.2. The first-order chi connectivity index (χ1) is 11.8. The second-order valence-corrected chi connectivity index (χ2v) is 8.92. The molecule has 0 saturated carbocycles. The zero-order valence-electron chi connectivity index (χ0n) is 14.3. The van der Waals surface area contributed by atoms with E-state index in [4.69, 9.17) is 4.74 Å². The molecule has 2 aromatic carbocycles. The fourth-order valence-corrected chi connectivity index (χ4v) is 3.83. The maximum atomic E-state index is 12.2. The van der Waals surface area contributed by atoms with Crippen molar-refractivity contribution in [2.24, 2.45) is 0 Å². The molecule has 2 N–H and O–H groups in total. The Bertz CT molecular complexity index is 818. The van der Waals surface area contributed by atoms with Crippen molar-refractivity contribution in [3.05, 3.63) is 60.2 Å². The van der Waals surface area contributed by atoms with Gasteiger partial charge >= 0.3 is 0 Å². The first kappa shape index (κ1) is 18.1. The summed E-state index contributed by atoms with van der Waals surface area (Å²) in [6.07, 6.45) is 0. The second kappa shape index (κ2) is 6.88. The van der Waals surface area contributed by atoms with Gasteiger partial charge in [0.1, 0.15) is 5.60 Å². The Morgan fingerprint density at radius 3 is 2.28 bits per heavy atom. The molecule has 0 radical (unpaired) electrons. The summed E-state index contributed by atoms with van der Waals surface area (Å²) in [5.41, 5.74) is 1.38. The topological polar surface area (TPSA) is 75.6 Å². The predicted molar refractivity (Wildman–Crippen MR) is 97.6 cm³/mol. The normalized spacial score (nSPS) is 23.9. The summed E-state index contributed by atoms with van der Waals surface area (Å²) < 4.78 is 32.3. The monoisotopic (exact) mass is 361 g/mol. The summed E-state index contributed by atoms with van der Waals surface area (Å²) in [5.74, 6) is 0. The zero-order valence-corrected chi connectivity index (χ0v) is 15.2. The average molecular weight is 361 g/mol. The Morgan fingerprint density at radius 1 is 1.08 bits per heavy atom. The van der Waals surface area contributed by atoms with Crippen molar-refractivity contribution in [1.29, 1.82) is 0 Å². The first-order valence-corrected chi connectivity index (χ1v) is 9.85. The molecule has 134 valence electrons. The van der Waals surface area contributed by atoms with E-state index in [0.717, 1.165) is 11.1 Å². The second-order valence-electron chi connectivity index (χ2n) is 6.65. The lowest BCUT2D eigenvalue weighted by Crippen LogP contribution is -2.51. The molecule has 1 aliphatic heterocycles. The van der Waals surface area contributed by atoms with Crippen LogP contribution in [0.5, 0.6) is 0 Å². The van der Waals surface area contributed by atoms with Crippen LogP contribution in [0.1, 0.15) is 19.4 Å². The Hall–Kier alpha value is -1.73. The molecule has 0 aliphatic carbocycles. The number of ether oxygens (including phenoxy) is 1. The van der Waals surface area contributed by atoms with Crippen LogP contribution in [0.15, 0.2) is 54.6 Å². The van der Waals surface area contributed by atoms with Crippen LogP contribution in [-0.4, -0.2) is 38.0 Å². The van der Waals surface area contributed by atoms with E-state index in [0.29, 0.717) is 5.56 Å². The zero-order chi connectivity index (χ0) is 18.1. The van der Waals surface area contributed by atoms with Crippen molar-refractivity contribution in [3.63, 3.8) is 0 Å². The molecule has 1 unspecified atom stereocenters. The van der Waals surface area contributed by atoms with E-state index in [1.165, 1.54) is 0 Å². The Balaban J connectivity index is 1.86. The van der Waals surface area contributed by atoms with Crippen LogP contribution < -0.4 is 4.72 Å². The van der Waals surface area contributed by atoms with Crippen molar-refractivity contribution in [1.82, 2.24) is 4.72 Å². The van der Waals surface area contributed by atoms with Gasteiger partial charge in [0, 0.05) is 0 Å². The summed E-state index contributed by atoms with van der Waals surface area (Å²) in [7, 11) is -3.50. The molecule has 0 spiro atoms. The highest BCUT2D eigenvalue weighted by Crippen LogP contribution is 2.33. The van der Waals surface area contributed by atoms with Crippen LogP contribution in [0.25, 0.3) is 11.1 Å². The molecule has 6 heteroatoms. The Morgan fingerprint density at radius 2 is 1.68 bits per heavy atom. The van der Waals surface area contributed by atoms with Crippen LogP contribution in [0.2, 0.25) is 0 Å². The van der Waals surface area contributed by atoms with E-state index in [2.05, 4.69) is 4.72 Å². The van der Waals surface area contributed by atoms with Gasteiger partial charge in [-0.15, -0.1) is 0 Å². The van der Waals surface area contributed by atoms with Crippen LogP contribution in [0, 0.1) is 0 Å². The number of sulfonamides is 1. The average Bonchev–Trinajstić information content (AvgIpc) is 2.97. The van der Waals surface area contributed by atoms with Gasteiger partial charge in [-0.25, -0.2) is 13.1 Å². The van der Waals surface area contributed by atoms with Gasteiger partial charge in [-0.3, -0.25) is 0 Å². The van der Waals surface area contributed by atoms with Crippen molar-refractivity contribution >= 4 is 10.0 Å². The van der Waals surface area contributed by atoms with Gasteiger partial charge in [0.05, 0.1) is 24.5 Å². The molecule has 5 nitrogen and oxygen atoms in total. The van der Waals surface area contributed by atoms with Crippen molar-refractivity contribution in [2.75, 3.05) is 13.2 Å². The van der Waals surface area contributed by atoms with E-state index in [9.17, 15) is 13.5 Å². The lowest BCUT2D eigenvalue weighted by atomic mass is 9.88. The molecular weight excluding hydrogens is 338 g/mol. The number of nitrogens with one attached hydrogen (secondary N) is 1. The molecule has 1 saturated heterocycles. The molecule has 0 aromatic heterocycles. The van der Waals surface area contributed by atoms with Crippen LogP contribution in [0.3, 0.4) is 0 Å². The first-order valence-electron chi connectivity index (χ1n) is 8.30. The summed E-state index contributed by atoms with van der Waals surface area (Å²) in [4.78, 5) is 0. The van der Waals surface area contributed by atoms with Crippen LogP contribution >= 0.6 is 0 Å². The lowest BCUT2D eigenvalue weighted by molar-refractivity contribution is 0.0121. The standard InChI is InChI=1S/C19H23NO4S/c1-14(2)25(22,23)20-18-12-24-13-19(18,21)17-10-8-16(9-11-17)15-6-4-3-5-7-15/h3-11,14,18,20-21H,12-13H2,1-2H3/t18-,19?/m0/s1. The molecule has 1 fully saturated rings. The van der Waals surface area contributed by atoms with Gasteiger partial charge in [-0.2, -0.15) is 0 Å². The van der Waals surface area contributed by atoms with Crippen LogP contribution in [-0.2, 0) is 20.4 Å². The number of hydrogen-bond acceptors (Lipinski definition) is 4. The highest BCUT2D eigenvalue weighted by molar-refractivity contribution is 7.90.